The van der Waals surface area contributed by atoms with Crippen LogP contribution in [0.1, 0.15) is 18.4 Å². The van der Waals surface area contributed by atoms with Gasteiger partial charge in [-0.05, 0) is 54.8 Å². The van der Waals surface area contributed by atoms with Gasteiger partial charge in [0, 0.05) is 56.2 Å². The van der Waals surface area contributed by atoms with Gasteiger partial charge in [-0.1, -0.05) is 11.6 Å². The van der Waals surface area contributed by atoms with Crippen molar-refractivity contribution in [1.29, 1.82) is 0 Å². The molecule has 2 fully saturated rings. The zero-order valence-electron chi connectivity index (χ0n) is 16.5. The monoisotopic (exact) mass is 526 g/mol. The lowest BCUT2D eigenvalue weighted by molar-refractivity contribution is 0.380. The van der Waals surface area contributed by atoms with E-state index in [1.165, 1.54) is 18.5 Å². The summed E-state index contributed by atoms with van der Waals surface area (Å²) >= 11 is 5.98. The van der Waals surface area contributed by atoms with E-state index < -0.39 is 0 Å². The van der Waals surface area contributed by atoms with E-state index in [2.05, 4.69) is 42.9 Å². The first-order chi connectivity index (χ1) is 13.7. The summed E-state index contributed by atoms with van der Waals surface area (Å²) in [6, 6.07) is 12.2. The van der Waals surface area contributed by atoms with E-state index in [4.69, 9.17) is 17.3 Å². The number of aromatic nitrogens is 1. The summed E-state index contributed by atoms with van der Waals surface area (Å²) in [5.41, 5.74) is 8.63. The minimum Gasteiger partial charge on any atom is -0.370 e. The molecule has 2 saturated heterocycles. The molecule has 0 atom stereocenters. The van der Waals surface area contributed by atoms with E-state index in [1.807, 2.05) is 24.4 Å². The Bertz CT molecular complexity index is 814. The molecule has 1 aromatic carbocycles. The van der Waals surface area contributed by atoms with Crippen LogP contribution in [-0.4, -0.2) is 55.1 Å². The molecule has 0 amide bonds. The molecule has 8 heteroatoms. The van der Waals surface area contributed by atoms with Crippen molar-refractivity contribution in [3.8, 4) is 0 Å². The number of anilines is 2. The van der Waals surface area contributed by atoms with Crippen molar-refractivity contribution < 1.29 is 0 Å². The molecule has 0 unspecified atom stereocenters. The van der Waals surface area contributed by atoms with Crippen LogP contribution in [-0.2, 0) is 6.54 Å². The fourth-order valence-corrected chi connectivity index (χ4v) is 3.92. The minimum atomic E-state index is 0. The van der Waals surface area contributed by atoms with Gasteiger partial charge in [0.2, 0.25) is 0 Å². The highest BCUT2D eigenvalue weighted by Gasteiger charge is 2.18. The maximum atomic E-state index is 6.27. The predicted octanol–water partition coefficient (Wildman–Crippen LogP) is 3.59. The van der Waals surface area contributed by atoms with Crippen LogP contribution in [0.5, 0.6) is 0 Å². The summed E-state index contributed by atoms with van der Waals surface area (Å²) in [5.74, 6) is 1.68. The average molecular weight is 527 g/mol. The molecule has 2 aromatic rings. The number of rotatable bonds is 4. The Balaban J connectivity index is 0.00000240. The molecule has 3 heterocycles. The summed E-state index contributed by atoms with van der Waals surface area (Å²) in [6.45, 7) is 6.37. The molecule has 156 valence electrons. The third-order valence-electron chi connectivity index (χ3n) is 5.46. The minimum absolute atomic E-state index is 0. The summed E-state index contributed by atoms with van der Waals surface area (Å²) in [5, 5.41) is 0.766. The third kappa shape index (κ3) is 5.66. The van der Waals surface area contributed by atoms with Crippen LogP contribution in [0.4, 0.5) is 11.5 Å². The molecule has 29 heavy (non-hydrogen) atoms. The second kappa shape index (κ2) is 10.3. The van der Waals surface area contributed by atoms with Gasteiger partial charge in [0.1, 0.15) is 5.82 Å². The number of aliphatic imine (C=N–C) groups is 1. The molecular weight excluding hydrogens is 499 g/mol. The Hall–Kier alpha value is -1.74. The van der Waals surface area contributed by atoms with Crippen molar-refractivity contribution in [2.75, 3.05) is 49.1 Å². The van der Waals surface area contributed by atoms with Crippen molar-refractivity contribution in [2.24, 2.45) is 10.7 Å². The zero-order chi connectivity index (χ0) is 19.3. The summed E-state index contributed by atoms with van der Waals surface area (Å²) in [4.78, 5) is 16.0. The summed E-state index contributed by atoms with van der Waals surface area (Å²) in [6.07, 6.45) is 4.37. The van der Waals surface area contributed by atoms with Crippen LogP contribution in [0.2, 0.25) is 5.02 Å². The first-order valence-electron chi connectivity index (χ1n) is 9.94. The molecule has 0 bridgehead atoms. The van der Waals surface area contributed by atoms with E-state index >= 15 is 0 Å². The quantitative estimate of drug-likeness (QED) is 0.375. The lowest BCUT2D eigenvalue weighted by atomic mass is 10.2. The lowest BCUT2D eigenvalue weighted by Gasteiger charge is -2.36. The van der Waals surface area contributed by atoms with Gasteiger partial charge in [0.05, 0.1) is 6.54 Å². The van der Waals surface area contributed by atoms with Crippen molar-refractivity contribution in [3.63, 3.8) is 0 Å². The molecule has 2 aliphatic heterocycles. The highest BCUT2D eigenvalue weighted by molar-refractivity contribution is 14.0. The van der Waals surface area contributed by atoms with Crippen molar-refractivity contribution in [2.45, 2.75) is 19.4 Å². The Morgan fingerprint density at radius 2 is 1.66 bits per heavy atom. The number of hydrogen-bond acceptors (Lipinski definition) is 4. The smallest absolute Gasteiger partial charge is 0.191 e. The zero-order valence-corrected chi connectivity index (χ0v) is 19.6. The maximum absolute atomic E-state index is 6.27. The van der Waals surface area contributed by atoms with E-state index in [1.54, 1.807) is 0 Å². The lowest BCUT2D eigenvalue weighted by Crippen LogP contribution is -2.51. The van der Waals surface area contributed by atoms with Gasteiger partial charge in [-0.25, -0.2) is 9.98 Å². The topological polar surface area (TPSA) is 61.0 Å². The number of nitrogens with zero attached hydrogens (tertiary/aromatic N) is 5. The second-order valence-electron chi connectivity index (χ2n) is 7.34. The van der Waals surface area contributed by atoms with Crippen LogP contribution in [0.15, 0.2) is 47.6 Å². The van der Waals surface area contributed by atoms with E-state index in [0.717, 1.165) is 55.7 Å². The SMILES string of the molecule is I.NC(=NCc1ccnc(N2CCCC2)c1)N1CCN(c2ccc(Cl)cc2)CC1. The Morgan fingerprint density at radius 1 is 0.966 bits per heavy atom. The van der Waals surface area contributed by atoms with E-state index in [-0.39, 0.29) is 24.0 Å². The molecule has 0 radical (unpaired) electrons. The Labute approximate surface area is 194 Å². The maximum Gasteiger partial charge on any atom is 0.191 e. The van der Waals surface area contributed by atoms with Crippen LogP contribution in [0.25, 0.3) is 0 Å². The highest BCUT2D eigenvalue weighted by atomic mass is 127. The summed E-state index contributed by atoms with van der Waals surface area (Å²) < 4.78 is 0. The fraction of sp³-hybridized carbons (Fsp3) is 0.429. The second-order valence-corrected chi connectivity index (χ2v) is 7.78. The van der Waals surface area contributed by atoms with Gasteiger partial charge in [-0.3, -0.25) is 0 Å². The van der Waals surface area contributed by atoms with Gasteiger partial charge >= 0.3 is 0 Å². The standard InChI is InChI=1S/C21H27ClN6.HI/c22-18-3-5-19(6-4-18)26-11-13-28(14-12-26)21(23)25-16-17-7-8-24-20(15-17)27-9-1-2-10-27;/h3-8,15H,1-2,9-14,16H2,(H2,23,25);1H. The number of benzene rings is 1. The number of nitrogens with two attached hydrogens (primary N) is 1. The first kappa shape index (κ1) is 22.0. The van der Waals surface area contributed by atoms with Gasteiger partial charge < -0.3 is 20.4 Å². The average Bonchev–Trinajstić information content (AvgIpc) is 3.28. The van der Waals surface area contributed by atoms with Crippen molar-refractivity contribution in [3.05, 3.63) is 53.2 Å². The molecule has 1 aromatic heterocycles. The number of pyridine rings is 1. The van der Waals surface area contributed by atoms with Crippen molar-refractivity contribution >= 4 is 53.0 Å². The molecule has 0 aliphatic carbocycles. The van der Waals surface area contributed by atoms with Crippen molar-refractivity contribution in [1.82, 2.24) is 9.88 Å². The van der Waals surface area contributed by atoms with E-state index in [0.29, 0.717) is 12.5 Å². The van der Waals surface area contributed by atoms with Crippen LogP contribution in [0, 0.1) is 0 Å². The van der Waals surface area contributed by atoms with Gasteiger partial charge in [0.25, 0.3) is 0 Å². The molecular formula is C21H28ClIN6. The molecule has 6 nitrogen and oxygen atoms in total. The number of piperazine rings is 1. The molecule has 2 aliphatic rings. The van der Waals surface area contributed by atoms with Gasteiger partial charge in [0.15, 0.2) is 5.96 Å². The third-order valence-corrected chi connectivity index (χ3v) is 5.71. The fourth-order valence-electron chi connectivity index (χ4n) is 3.80. The normalized spacial score (nSPS) is 17.4. The molecule has 0 saturated carbocycles. The molecule has 0 spiro atoms. The van der Waals surface area contributed by atoms with Crippen LogP contribution < -0.4 is 15.5 Å². The highest BCUT2D eigenvalue weighted by Crippen LogP contribution is 2.20. The van der Waals surface area contributed by atoms with Gasteiger partial charge in [-0.2, -0.15) is 0 Å². The Morgan fingerprint density at radius 3 is 2.34 bits per heavy atom. The number of halogens is 2. The number of guanidine groups is 1. The molecule has 4 rings (SSSR count). The van der Waals surface area contributed by atoms with Gasteiger partial charge in [-0.15, -0.1) is 24.0 Å². The van der Waals surface area contributed by atoms with Crippen LogP contribution in [0.3, 0.4) is 0 Å². The van der Waals surface area contributed by atoms with Crippen LogP contribution >= 0.6 is 35.6 Å². The van der Waals surface area contributed by atoms with E-state index in [9.17, 15) is 0 Å². The number of hydrogen-bond donors (Lipinski definition) is 1. The predicted molar refractivity (Wildman–Crippen MR) is 132 cm³/mol. The molecule has 2 N–H and O–H groups in total. The summed E-state index contributed by atoms with van der Waals surface area (Å²) in [7, 11) is 0. The largest absolute Gasteiger partial charge is 0.370 e. The Kier molecular flexibility index (Phi) is 7.83. The first-order valence-corrected chi connectivity index (χ1v) is 10.3.